The van der Waals surface area contributed by atoms with Crippen LogP contribution in [0.4, 0.5) is 27.6 Å². The first-order chi connectivity index (χ1) is 19.3. The number of methoxy groups -OCH3 is 1. The molecule has 1 unspecified atom stereocenters. The van der Waals surface area contributed by atoms with Gasteiger partial charge in [-0.3, -0.25) is 4.79 Å². The number of hydrogen-bond donors (Lipinski definition) is 1. The molecular weight excluding hydrogens is 545 g/mol. The van der Waals surface area contributed by atoms with Gasteiger partial charge in [-0.25, -0.2) is 8.78 Å². The Balaban J connectivity index is 1.30. The predicted molar refractivity (Wildman–Crippen MR) is 140 cm³/mol. The van der Waals surface area contributed by atoms with Crippen LogP contribution in [0.15, 0.2) is 42.7 Å². The van der Waals surface area contributed by atoms with Crippen molar-refractivity contribution in [1.82, 2.24) is 20.1 Å². The minimum atomic E-state index is -4.69. The molecule has 0 bridgehead atoms. The summed E-state index contributed by atoms with van der Waals surface area (Å²) in [7, 11) is 3.49. The van der Waals surface area contributed by atoms with Gasteiger partial charge in [0.2, 0.25) is 0 Å². The zero-order chi connectivity index (χ0) is 29.4. The molecule has 1 atom stereocenters. The number of anilines is 1. The number of aryl methyl sites for hydroxylation is 1. The number of aromatic nitrogens is 3. The van der Waals surface area contributed by atoms with E-state index in [4.69, 9.17) is 4.74 Å². The third-order valence-corrected chi connectivity index (χ3v) is 8.96. The minimum Gasteiger partial charge on any atom is -0.381 e. The molecule has 1 aliphatic heterocycles. The summed E-state index contributed by atoms with van der Waals surface area (Å²) in [6.45, 7) is 1.10. The van der Waals surface area contributed by atoms with E-state index in [-0.39, 0.29) is 48.8 Å². The molecule has 41 heavy (non-hydrogen) atoms. The SMILES string of the molecule is COC1CC(c2cccc(N3Cc4c(cc(CNCC5(C)CC5(F)F)cc4C(F)(F)F)C3=O)c2)(c2nncn2C)C1. The summed E-state index contributed by atoms with van der Waals surface area (Å²) < 4.78 is 77.0. The van der Waals surface area contributed by atoms with Crippen molar-refractivity contribution >= 4 is 11.6 Å². The normalized spacial score (nSPS) is 26.7. The fraction of sp³-hybridized carbons (Fsp3) is 0.483. The molecule has 12 heteroatoms. The molecule has 2 aromatic carbocycles. The van der Waals surface area contributed by atoms with Crippen molar-refractivity contribution in [1.29, 1.82) is 0 Å². The van der Waals surface area contributed by atoms with Gasteiger partial charge in [-0.05, 0) is 53.8 Å². The van der Waals surface area contributed by atoms with E-state index in [2.05, 4.69) is 15.5 Å². The van der Waals surface area contributed by atoms with Crippen molar-refractivity contribution in [3.8, 4) is 0 Å². The number of rotatable bonds is 8. The fourth-order valence-corrected chi connectivity index (χ4v) is 6.27. The van der Waals surface area contributed by atoms with Gasteiger partial charge < -0.3 is 19.5 Å². The first-order valence-corrected chi connectivity index (χ1v) is 13.4. The molecule has 0 radical (unpaired) electrons. The molecule has 218 valence electrons. The standard InChI is InChI=1S/C29H30F5N5O2/c1-26(14-28(26,30)31)15-35-12-17-7-21-22(23(8-17)29(32,33)34)13-39(24(21)40)19-6-4-5-18(9-19)27(10-20(11-27)41-3)25-37-36-16-38(25)2/h4-9,16,20,35H,10-15H2,1-3H3. The van der Waals surface area contributed by atoms with E-state index in [0.717, 1.165) is 17.5 Å². The Hall–Kier alpha value is -3.38. The molecule has 1 aromatic heterocycles. The number of carbonyl (C=O) groups is 1. The van der Waals surface area contributed by atoms with E-state index in [1.807, 2.05) is 23.7 Å². The molecule has 2 heterocycles. The van der Waals surface area contributed by atoms with Crippen molar-refractivity contribution in [3.63, 3.8) is 0 Å². The lowest BCUT2D eigenvalue weighted by Crippen LogP contribution is -2.48. The van der Waals surface area contributed by atoms with Gasteiger partial charge in [0.1, 0.15) is 12.2 Å². The molecule has 0 spiro atoms. The third-order valence-electron chi connectivity index (χ3n) is 8.96. The number of fused-ring (bicyclic) bond motifs is 1. The lowest BCUT2D eigenvalue weighted by Gasteiger charge is -2.46. The largest absolute Gasteiger partial charge is 0.416 e. The molecule has 2 fully saturated rings. The Labute approximate surface area is 233 Å². The Morgan fingerprint density at radius 2 is 1.90 bits per heavy atom. The number of nitrogens with one attached hydrogen (secondary N) is 1. The Bertz CT molecular complexity index is 1510. The van der Waals surface area contributed by atoms with Crippen LogP contribution in [-0.2, 0) is 36.5 Å². The monoisotopic (exact) mass is 575 g/mol. The molecule has 6 rings (SSSR count). The zero-order valence-corrected chi connectivity index (χ0v) is 22.9. The van der Waals surface area contributed by atoms with E-state index in [0.29, 0.717) is 18.5 Å². The molecule has 7 nitrogen and oxygen atoms in total. The van der Waals surface area contributed by atoms with Gasteiger partial charge in [-0.15, -0.1) is 10.2 Å². The molecule has 0 saturated heterocycles. The number of benzene rings is 2. The maximum absolute atomic E-state index is 14.2. The highest BCUT2D eigenvalue weighted by Gasteiger charge is 2.67. The van der Waals surface area contributed by atoms with Crippen LogP contribution in [0.5, 0.6) is 0 Å². The highest BCUT2D eigenvalue weighted by atomic mass is 19.4. The minimum absolute atomic E-state index is 0.0168. The summed E-state index contributed by atoms with van der Waals surface area (Å²) in [6, 6.07) is 9.69. The van der Waals surface area contributed by atoms with E-state index in [9.17, 15) is 26.7 Å². The summed E-state index contributed by atoms with van der Waals surface area (Å²) in [4.78, 5) is 14.9. The van der Waals surface area contributed by atoms with Crippen LogP contribution in [0.2, 0.25) is 0 Å². The second-order valence-corrected chi connectivity index (χ2v) is 11.8. The third kappa shape index (κ3) is 4.51. The number of nitrogens with zero attached hydrogens (tertiary/aromatic N) is 4. The number of amides is 1. The maximum Gasteiger partial charge on any atom is 0.416 e. The van der Waals surface area contributed by atoms with E-state index in [1.165, 1.54) is 17.9 Å². The molecule has 3 aliphatic rings. The smallest absolute Gasteiger partial charge is 0.381 e. The average molecular weight is 576 g/mol. The summed E-state index contributed by atoms with van der Waals surface area (Å²) in [6.07, 6.45) is -2.03. The van der Waals surface area contributed by atoms with Gasteiger partial charge in [0.15, 0.2) is 0 Å². The van der Waals surface area contributed by atoms with Gasteiger partial charge in [-0.1, -0.05) is 19.1 Å². The Morgan fingerprint density at radius 1 is 1.17 bits per heavy atom. The zero-order valence-electron chi connectivity index (χ0n) is 22.9. The maximum atomic E-state index is 14.2. The summed E-state index contributed by atoms with van der Waals surface area (Å²) in [5.41, 5.74) is -1.17. The number of halogens is 5. The topological polar surface area (TPSA) is 72.3 Å². The highest BCUT2D eigenvalue weighted by molar-refractivity contribution is 6.10. The van der Waals surface area contributed by atoms with Gasteiger partial charge in [-0.2, -0.15) is 13.2 Å². The van der Waals surface area contributed by atoms with Crippen molar-refractivity contribution in [2.45, 2.75) is 62.9 Å². The Kier molecular flexibility index (Phi) is 6.31. The van der Waals surface area contributed by atoms with Crippen LogP contribution in [0.25, 0.3) is 0 Å². The van der Waals surface area contributed by atoms with Gasteiger partial charge in [0.05, 0.1) is 23.6 Å². The highest BCUT2D eigenvalue weighted by Crippen LogP contribution is 2.59. The van der Waals surface area contributed by atoms with Crippen LogP contribution in [0.3, 0.4) is 0 Å². The van der Waals surface area contributed by atoms with Crippen molar-refractivity contribution < 1.29 is 31.5 Å². The van der Waals surface area contributed by atoms with Gasteiger partial charge >= 0.3 is 6.18 Å². The molecule has 1 N–H and O–H groups in total. The second kappa shape index (κ2) is 9.32. The number of carbonyl (C=O) groups excluding carboxylic acids is 1. The predicted octanol–water partition coefficient (Wildman–Crippen LogP) is 5.22. The molecule has 1 amide bonds. The van der Waals surface area contributed by atoms with Crippen LogP contribution in [0.1, 0.15) is 64.6 Å². The van der Waals surface area contributed by atoms with Crippen LogP contribution < -0.4 is 10.2 Å². The Morgan fingerprint density at radius 3 is 2.51 bits per heavy atom. The lowest BCUT2D eigenvalue weighted by molar-refractivity contribution is -0.138. The molecule has 2 saturated carbocycles. The van der Waals surface area contributed by atoms with Crippen LogP contribution >= 0.6 is 0 Å². The van der Waals surface area contributed by atoms with E-state index < -0.39 is 34.4 Å². The summed E-state index contributed by atoms with van der Waals surface area (Å²) >= 11 is 0. The van der Waals surface area contributed by atoms with Gasteiger partial charge in [0.25, 0.3) is 11.8 Å². The van der Waals surface area contributed by atoms with Gasteiger partial charge in [0, 0.05) is 50.3 Å². The van der Waals surface area contributed by atoms with Crippen molar-refractivity contribution in [2.24, 2.45) is 12.5 Å². The van der Waals surface area contributed by atoms with E-state index in [1.54, 1.807) is 25.6 Å². The fourth-order valence-electron chi connectivity index (χ4n) is 6.27. The summed E-state index contributed by atoms with van der Waals surface area (Å²) in [5, 5.41) is 11.2. The second-order valence-electron chi connectivity index (χ2n) is 11.8. The number of hydrogen-bond acceptors (Lipinski definition) is 5. The first-order valence-electron chi connectivity index (χ1n) is 13.4. The van der Waals surface area contributed by atoms with Crippen LogP contribution in [0, 0.1) is 5.41 Å². The van der Waals surface area contributed by atoms with E-state index >= 15 is 0 Å². The quantitative estimate of drug-likeness (QED) is 0.373. The molecule has 2 aliphatic carbocycles. The van der Waals surface area contributed by atoms with Crippen molar-refractivity contribution in [3.05, 3.63) is 76.4 Å². The average Bonchev–Trinajstić information content (AvgIpc) is 3.18. The first kappa shape index (κ1) is 27.8. The molecule has 3 aromatic rings. The number of ether oxygens (including phenoxy) is 1. The molecular formula is C29H30F5N5O2. The number of alkyl halides is 5. The van der Waals surface area contributed by atoms with Crippen molar-refractivity contribution in [2.75, 3.05) is 18.6 Å². The lowest BCUT2D eigenvalue weighted by atomic mass is 9.62. The van der Waals surface area contributed by atoms with Crippen LogP contribution in [-0.4, -0.2) is 46.4 Å². The summed E-state index contributed by atoms with van der Waals surface area (Å²) in [5.74, 6) is -2.58.